The van der Waals surface area contributed by atoms with E-state index in [1.165, 1.54) is 29.1 Å². The lowest BCUT2D eigenvalue weighted by Crippen LogP contribution is -2.33. The molecule has 0 unspecified atom stereocenters. The van der Waals surface area contributed by atoms with Crippen LogP contribution >= 0.6 is 0 Å². The van der Waals surface area contributed by atoms with E-state index in [9.17, 15) is 14.4 Å². The molecule has 2 aromatic heterocycles. The molecule has 0 atom stereocenters. The summed E-state index contributed by atoms with van der Waals surface area (Å²) in [7, 11) is 0. The van der Waals surface area contributed by atoms with Gasteiger partial charge in [-0.2, -0.15) is 5.10 Å². The number of nitrogens with zero attached hydrogens (tertiary/aromatic N) is 2. The van der Waals surface area contributed by atoms with Crippen LogP contribution in [0.2, 0.25) is 0 Å². The third kappa shape index (κ3) is 3.18. The van der Waals surface area contributed by atoms with Gasteiger partial charge in [-0.25, -0.2) is 9.48 Å². The van der Waals surface area contributed by atoms with Crippen LogP contribution in [0.15, 0.2) is 62.7 Å². The minimum atomic E-state index is -0.698. The second-order valence-corrected chi connectivity index (χ2v) is 4.83. The van der Waals surface area contributed by atoms with Crippen LogP contribution in [0.5, 0.6) is 0 Å². The molecule has 3 aromatic rings. The number of amides is 1. The molecule has 0 bridgehead atoms. The molecule has 1 N–H and O–H groups in total. The van der Waals surface area contributed by atoms with Crippen molar-refractivity contribution in [2.24, 2.45) is 0 Å². The van der Waals surface area contributed by atoms with Crippen molar-refractivity contribution in [3.05, 3.63) is 75.0 Å². The number of fused-ring (bicyclic) bond motifs is 1. The van der Waals surface area contributed by atoms with Gasteiger partial charge in [-0.3, -0.25) is 9.59 Å². The van der Waals surface area contributed by atoms with Gasteiger partial charge in [0.2, 0.25) is 0 Å². The molecule has 0 radical (unpaired) electrons. The summed E-state index contributed by atoms with van der Waals surface area (Å²) >= 11 is 0. The van der Waals surface area contributed by atoms with Crippen LogP contribution in [0, 0.1) is 0 Å². The molecule has 7 nitrogen and oxygen atoms in total. The summed E-state index contributed by atoms with van der Waals surface area (Å²) < 4.78 is 6.34. The second-order valence-electron chi connectivity index (χ2n) is 4.83. The number of hydrogen-bond donors (Lipinski definition) is 1. The van der Waals surface area contributed by atoms with E-state index in [0.717, 1.165) is 0 Å². The zero-order chi connectivity index (χ0) is 16.2. The largest absolute Gasteiger partial charge is 0.422 e. The summed E-state index contributed by atoms with van der Waals surface area (Å²) in [6.45, 7) is 0.381. The number of nitrogens with one attached hydrogen (secondary N) is 1. The normalized spacial score (nSPS) is 10.6. The molecule has 23 heavy (non-hydrogen) atoms. The number of hydrogen-bond acceptors (Lipinski definition) is 5. The molecule has 0 aliphatic carbocycles. The van der Waals surface area contributed by atoms with Crippen molar-refractivity contribution in [3.63, 3.8) is 0 Å². The molecule has 7 heteroatoms. The van der Waals surface area contributed by atoms with Crippen molar-refractivity contribution in [1.82, 2.24) is 15.1 Å². The Morgan fingerprint density at radius 2 is 2.00 bits per heavy atom. The molecule has 0 saturated carbocycles. The topological polar surface area (TPSA) is 94.2 Å². The van der Waals surface area contributed by atoms with Gasteiger partial charge in [0, 0.05) is 24.2 Å². The summed E-state index contributed by atoms with van der Waals surface area (Å²) in [4.78, 5) is 35.5. The number of aromatic nitrogens is 2. The van der Waals surface area contributed by atoms with Gasteiger partial charge in [-0.15, -0.1) is 0 Å². The fraction of sp³-hybridized carbons (Fsp3) is 0.125. The van der Waals surface area contributed by atoms with Crippen LogP contribution in [0.1, 0.15) is 10.4 Å². The Bertz CT molecular complexity index is 974. The van der Waals surface area contributed by atoms with Gasteiger partial charge in [0.05, 0.1) is 6.54 Å². The van der Waals surface area contributed by atoms with E-state index in [0.29, 0.717) is 11.0 Å². The van der Waals surface area contributed by atoms with Gasteiger partial charge >= 0.3 is 5.63 Å². The molecule has 0 aliphatic heterocycles. The third-order valence-corrected chi connectivity index (χ3v) is 3.28. The fourth-order valence-electron chi connectivity index (χ4n) is 2.15. The van der Waals surface area contributed by atoms with Crippen LogP contribution in [0.3, 0.4) is 0 Å². The highest BCUT2D eigenvalue weighted by Gasteiger charge is 2.13. The minimum absolute atomic E-state index is 0.0722. The van der Waals surface area contributed by atoms with Crippen molar-refractivity contribution in [2.75, 3.05) is 6.54 Å². The molecule has 0 spiro atoms. The summed E-state index contributed by atoms with van der Waals surface area (Å²) in [5.41, 5.74) is -0.602. The van der Waals surface area contributed by atoms with Gasteiger partial charge in [-0.05, 0) is 18.2 Å². The first kappa shape index (κ1) is 14.7. The highest BCUT2D eigenvalue weighted by molar-refractivity contribution is 5.96. The number of carbonyl (C=O) groups is 1. The quantitative estimate of drug-likeness (QED) is 0.719. The van der Waals surface area contributed by atoms with Gasteiger partial charge in [-0.1, -0.05) is 18.2 Å². The number of para-hydroxylation sites is 1. The van der Waals surface area contributed by atoms with Crippen LogP contribution in [0.4, 0.5) is 0 Å². The Hall–Kier alpha value is -3.22. The van der Waals surface area contributed by atoms with Crippen molar-refractivity contribution in [3.8, 4) is 0 Å². The Kier molecular flexibility index (Phi) is 4.01. The van der Waals surface area contributed by atoms with Crippen LogP contribution in [-0.4, -0.2) is 22.2 Å². The van der Waals surface area contributed by atoms with Gasteiger partial charge in [0.25, 0.3) is 11.5 Å². The molecule has 1 amide bonds. The second kappa shape index (κ2) is 6.27. The smallest absolute Gasteiger partial charge is 0.349 e. The van der Waals surface area contributed by atoms with Crippen molar-refractivity contribution in [2.45, 2.75) is 6.54 Å². The number of rotatable bonds is 4. The van der Waals surface area contributed by atoms with Crippen molar-refractivity contribution >= 4 is 16.9 Å². The SMILES string of the molecule is O=C(NCCn1ncccc1=O)c1cc2ccccc2oc1=O. The maximum absolute atomic E-state index is 12.1. The first-order valence-corrected chi connectivity index (χ1v) is 6.98. The number of benzene rings is 1. The van der Waals surface area contributed by atoms with Crippen LogP contribution < -0.4 is 16.5 Å². The van der Waals surface area contributed by atoms with Crippen molar-refractivity contribution < 1.29 is 9.21 Å². The molecule has 3 rings (SSSR count). The maximum atomic E-state index is 12.1. The van der Waals surface area contributed by atoms with Gasteiger partial charge < -0.3 is 9.73 Å². The molecule has 0 saturated heterocycles. The van der Waals surface area contributed by atoms with E-state index in [1.54, 1.807) is 24.3 Å². The lowest BCUT2D eigenvalue weighted by molar-refractivity contribution is 0.0948. The van der Waals surface area contributed by atoms with E-state index in [2.05, 4.69) is 10.4 Å². The van der Waals surface area contributed by atoms with Gasteiger partial charge in [0.15, 0.2) is 0 Å². The lowest BCUT2D eigenvalue weighted by Gasteiger charge is -2.06. The van der Waals surface area contributed by atoms with E-state index in [-0.39, 0.29) is 24.2 Å². The van der Waals surface area contributed by atoms with E-state index >= 15 is 0 Å². The first-order chi connectivity index (χ1) is 11.1. The first-order valence-electron chi connectivity index (χ1n) is 6.98. The average molecular weight is 311 g/mol. The monoisotopic (exact) mass is 311 g/mol. The molecular formula is C16H13N3O4. The Morgan fingerprint density at radius 3 is 2.83 bits per heavy atom. The molecule has 0 fully saturated rings. The van der Waals surface area contributed by atoms with E-state index < -0.39 is 11.5 Å². The lowest BCUT2D eigenvalue weighted by atomic mass is 10.2. The predicted molar refractivity (Wildman–Crippen MR) is 83.3 cm³/mol. The summed E-state index contributed by atoms with van der Waals surface area (Å²) in [6, 6.07) is 11.4. The summed E-state index contributed by atoms with van der Waals surface area (Å²) in [5, 5.41) is 7.13. The molecular weight excluding hydrogens is 298 g/mol. The maximum Gasteiger partial charge on any atom is 0.349 e. The highest BCUT2D eigenvalue weighted by atomic mass is 16.4. The standard InChI is InChI=1S/C16H13N3O4/c20-14-6-3-7-18-19(14)9-8-17-15(21)12-10-11-4-1-2-5-13(11)23-16(12)22/h1-7,10H,8-9H2,(H,17,21). The molecule has 2 heterocycles. The Morgan fingerprint density at radius 1 is 1.17 bits per heavy atom. The predicted octanol–water partition coefficient (Wildman–Crippen LogP) is 0.780. The molecule has 0 aliphatic rings. The number of carbonyl (C=O) groups excluding carboxylic acids is 1. The fourth-order valence-corrected chi connectivity index (χ4v) is 2.15. The van der Waals surface area contributed by atoms with Crippen LogP contribution in [-0.2, 0) is 6.54 Å². The van der Waals surface area contributed by atoms with E-state index in [4.69, 9.17) is 4.42 Å². The van der Waals surface area contributed by atoms with Gasteiger partial charge in [0.1, 0.15) is 11.1 Å². The molecule has 1 aromatic carbocycles. The minimum Gasteiger partial charge on any atom is -0.422 e. The average Bonchev–Trinajstić information content (AvgIpc) is 2.56. The Balaban J connectivity index is 1.73. The molecule has 116 valence electrons. The third-order valence-electron chi connectivity index (χ3n) is 3.28. The zero-order valence-corrected chi connectivity index (χ0v) is 12.1. The van der Waals surface area contributed by atoms with Crippen molar-refractivity contribution in [1.29, 1.82) is 0 Å². The Labute approximate surface area is 130 Å². The summed E-state index contributed by atoms with van der Waals surface area (Å²) in [6.07, 6.45) is 1.49. The summed E-state index contributed by atoms with van der Waals surface area (Å²) in [5.74, 6) is -0.548. The van der Waals surface area contributed by atoms with Crippen LogP contribution in [0.25, 0.3) is 11.0 Å². The van der Waals surface area contributed by atoms with E-state index in [1.807, 2.05) is 0 Å². The zero-order valence-electron chi connectivity index (χ0n) is 12.1. The highest BCUT2D eigenvalue weighted by Crippen LogP contribution is 2.12.